The Labute approximate surface area is 167 Å². The molecule has 2 N–H and O–H groups in total. The fourth-order valence-electron chi connectivity index (χ4n) is 4.03. The van der Waals surface area contributed by atoms with Crippen LogP contribution < -0.4 is 5.32 Å². The zero-order valence-corrected chi connectivity index (χ0v) is 16.8. The maximum Gasteiger partial charge on any atom is 0.289 e. The standard InChI is InChI=1S/C19H23ClFN5O2/c1-19(2,3)24-15(27)9-26-11-6-12(26)8-25(7-11)18(28)17-22-14-5-10(21)4-13(20)16(14)23-17/h4-5,11-12H,6-9H2,1-3H3,(H,22,23)(H,24,27). The van der Waals surface area contributed by atoms with Crippen molar-refractivity contribution in [1.82, 2.24) is 25.1 Å². The lowest BCUT2D eigenvalue weighted by Gasteiger charge is -2.56. The van der Waals surface area contributed by atoms with Gasteiger partial charge >= 0.3 is 0 Å². The largest absolute Gasteiger partial charge is 0.350 e. The van der Waals surface area contributed by atoms with Crippen LogP contribution >= 0.6 is 11.6 Å². The first-order valence-corrected chi connectivity index (χ1v) is 9.69. The number of imidazole rings is 1. The average molecular weight is 408 g/mol. The summed E-state index contributed by atoms with van der Waals surface area (Å²) >= 11 is 6.02. The molecule has 2 amide bonds. The minimum atomic E-state index is -0.483. The van der Waals surface area contributed by atoms with E-state index in [1.807, 2.05) is 20.8 Å². The Morgan fingerprint density at radius 1 is 1.32 bits per heavy atom. The van der Waals surface area contributed by atoms with Crippen LogP contribution in [0.15, 0.2) is 12.1 Å². The van der Waals surface area contributed by atoms with Crippen LogP contribution in [0.3, 0.4) is 0 Å². The molecule has 0 saturated carbocycles. The smallest absolute Gasteiger partial charge is 0.289 e. The fraction of sp³-hybridized carbons (Fsp3) is 0.526. The van der Waals surface area contributed by atoms with Crippen molar-refractivity contribution in [3.05, 3.63) is 28.8 Å². The second-order valence-electron chi connectivity index (χ2n) is 8.59. The molecule has 3 saturated heterocycles. The number of aromatic nitrogens is 2. The molecular weight excluding hydrogens is 385 g/mol. The number of nitrogens with zero attached hydrogens (tertiary/aromatic N) is 3. The molecule has 0 spiro atoms. The first-order valence-electron chi connectivity index (χ1n) is 9.31. The molecule has 4 heterocycles. The molecule has 1 aromatic heterocycles. The number of H-pyrrole nitrogens is 1. The lowest BCUT2D eigenvalue weighted by molar-refractivity contribution is -0.131. The molecule has 2 atom stereocenters. The number of nitrogens with one attached hydrogen (secondary N) is 2. The summed E-state index contributed by atoms with van der Waals surface area (Å²) in [5.41, 5.74) is 0.520. The van der Waals surface area contributed by atoms with E-state index < -0.39 is 5.82 Å². The fourth-order valence-corrected chi connectivity index (χ4v) is 4.28. The molecule has 9 heteroatoms. The van der Waals surface area contributed by atoms with Gasteiger partial charge in [-0.2, -0.15) is 0 Å². The topological polar surface area (TPSA) is 81.3 Å². The van der Waals surface area contributed by atoms with E-state index in [-0.39, 0.29) is 40.3 Å². The number of halogens is 2. The van der Waals surface area contributed by atoms with Gasteiger partial charge in [-0.3, -0.25) is 14.5 Å². The van der Waals surface area contributed by atoms with E-state index in [0.717, 1.165) is 6.42 Å². The number of benzene rings is 1. The number of fused-ring (bicyclic) bond motifs is 3. The number of carbonyl (C=O) groups excluding carboxylic acids is 2. The second-order valence-corrected chi connectivity index (χ2v) is 9.00. The van der Waals surface area contributed by atoms with E-state index in [2.05, 4.69) is 20.2 Å². The van der Waals surface area contributed by atoms with Gasteiger partial charge in [0.05, 0.1) is 17.1 Å². The molecule has 2 unspecified atom stereocenters. The van der Waals surface area contributed by atoms with Gasteiger partial charge in [0.1, 0.15) is 11.3 Å². The monoisotopic (exact) mass is 407 g/mol. The number of hydrogen-bond acceptors (Lipinski definition) is 4. The van der Waals surface area contributed by atoms with Crippen molar-refractivity contribution in [3.63, 3.8) is 0 Å². The maximum absolute atomic E-state index is 13.5. The first kappa shape index (κ1) is 19.1. The normalized spacial score (nSPS) is 22.2. The molecule has 3 aliphatic rings. The molecule has 3 fully saturated rings. The van der Waals surface area contributed by atoms with Crippen LogP contribution in [0.25, 0.3) is 11.0 Å². The van der Waals surface area contributed by atoms with Crippen molar-refractivity contribution in [3.8, 4) is 0 Å². The zero-order chi connectivity index (χ0) is 20.2. The molecule has 28 heavy (non-hydrogen) atoms. The lowest BCUT2D eigenvalue weighted by Crippen LogP contribution is -2.70. The summed E-state index contributed by atoms with van der Waals surface area (Å²) in [5.74, 6) is -0.568. The van der Waals surface area contributed by atoms with Gasteiger partial charge in [-0.15, -0.1) is 0 Å². The number of hydrogen-bond donors (Lipinski definition) is 2. The number of amides is 2. The third kappa shape index (κ3) is 3.58. The quantitative estimate of drug-likeness (QED) is 0.817. The van der Waals surface area contributed by atoms with Crippen LogP contribution in [0.4, 0.5) is 4.39 Å². The number of aromatic amines is 1. The number of carbonyl (C=O) groups is 2. The molecule has 150 valence electrons. The lowest BCUT2D eigenvalue weighted by atomic mass is 9.87. The molecule has 2 bridgehead atoms. The van der Waals surface area contributed by atoms with Gasteiger partial charge in [-0.05, 0) is 39.3 Å². The summed E-state index contributed by atoms with van der Waals surface area (Å²) in [6.07, 6.45) is 0.976. The van der Waals surface area contributed by atoms with Crippen molar-refractivity contribution >= 4 is 34.4 Å². The third-order valence-corrected chi connectivity index (χ3v) is 5.47. The molecule has 0 aliphatic carbocycles. The summed E-state index contributed by atoms with van der Waals surface area (Å²) in [6.45, 7) is 7.28. The van der Waals surface area contributed by atoms with E-state index in [0.29, 0.717) is 30.7 Å². The van der Waals surface area contributed by atoms with Crippen molar-refractivity contribution < 1.29 is 14.0 Å². The molecule has 2 aromatic rings. The van der Waals surface area contributed by atoms with Gasteiger partial charge in [-0.25, -0.2) is 9.37 Å². The Morgan fingerprint density at radius 3 is 2.64 bits per heavy atom. The van der Waals surface area contributed by atoms with Crippen molar-refractivity contribution in [2.45, 2.75) is 44.8 Å². The Kier molecular flexibility index (Phi) is 4.58. The minimum Gasteiger partial charge on any atom is -0.350 e. The van der Waals surface area contributed by atoms with Gasteiger partial charge in [0.25, 0.3) is 5.91 Å². The van der Waals surface area contributed by atoms with Crippen LogP contribution in [0.2, 0.25) is 5.02 Å². The highest BCUT2D eigenvalue weighted by molar-refractivity contribution is 6.35. The predicted molar refractivity (Wildman–Crippen MR) is 104 cm³/mol. The summed E-state index contributed by atoms with van der Waals surface area (Å²) in [5, 5.41) is 3.14. The van der Waals surface area contributed by atoms with Crippen LogP contribution in [0.5, 0.6) is 0 Å². The Balaban J connectivity index is 1.42. The average Bonchev–Trinajstić information content (AvgIpc) is 3.02. The first-order chi connectivity index (χ1) is 13.1. The molecule has 3 aliphatic heterocycles. The van der Waals surface area contributed by atoms with Crippen molar-refractivity contribution in [2.24, 2.45) is 0 Å². The maximum atomic E-state index is 13.5. The molecule has 0 radical (unpaired) electrons. The van der Waals surface area contributed by atoms with Crippen LogP contribution in [0, 0.1) is 5.82 Å². The molecule has 1 aromatic carbocycles. The predicted octanol–water partition coefficient (Wildman–Crippen LogP) is 2.17. The second kappa shape index (κ2) is 6.70. The SMILES string of the molecule is CC(C)(C)NC(=O)CN1C2CC1CN(C(=O)c1nc3c(Cl)cc(F)cc3[nH]1)C2. The van der Waals surface area contributed by atoms with Crippen LogP contribution in [-0.2, 0) is 4.79 Å². The summed E-state index contributed by atoms with van der Waals surface area (Å²) in [6, 6.07) is 2.78. The molecule has 7 nitrogen and oxygen atoms in total. The van der Waals surface area contributed by atoms with Gasteiger partial charge in [0.2, 0.25) is 5.91 Å². The van der Waals surface area contributed by atoms with Gasteiger partial charge in [0.15, 0.2) is 5.82 Å². The van der Waals surface area contributed by atoms with E-state index >= 15 is 0 Å². The third-order valence-electron chi connectivity index (χ3n) is 5.18. The van der Waals surface area contributed by atoms with Crippen LogP contribution in [-0.4, -0.2) is 68.8 Å². The highest BCUT2D eigenvalue weighted by Crippen LogP contribution is 2.33. The highest BCUT2D eigenvalue weighted by atomic mass is 35.5. The number of piperazine rings is 1. The highest BCUT2D eigenvalue weighted by Gasteiger charge is 2.47. The van der Waals surface area contributed by atoms with E-state index in [4.69, 9.17) is 11.6 Å². The molecule has 5 rings (SSSR count). The van der Waals surface area contributed by atoms with Gasteiger partial charge in [-0.1, -0.05) is 11.6 Å². The van der Waals surface area contributed by atoms with E-state index in [1.165, 1.54) is 12.1 Å². The Bertz CT molecular complexity index is 942. The Morgan fingerprint density at radius 2 is 2.00 bits per heavy atom. The number of piperidine rings is 1. The van der Waals surface area contributed by atoms with E-state index in [1.54, 1.807) is 4.90 Å². The summed E-state index contributed by atoms with van der Waals surface area (Å²) in [7, 11) is 0. The summed E-state index contributed by atoms with van der Waals surface area (Å²) in [4.78, 5) is 36.0. The van der Waals surface area contributed by atoms with Crippen LogP contribution in [0.1, 0.15) is 37.8 Å². The van der Waals surface area contributed by atoms with Gasteiger partial charge in [0, 0.05) is 30.7 Å². The summed E-state index contributed by atoms with van der Waals surface area (Å²) < 4.78 is 13.5. The van der Waals surface area contributed by atoms with Crippen molar-refractivity contribution in [2.75, 3.05) is 19.6 Å². The number of rotatable bonds is 3. The van der Waals surface area contributed by atoms with E-state index in [9.17, 15) is 14.0 Å². The molecular formula is C19H23ClFN5O2. The minimum absolute atomic E-state index is 0.00377. The zero-order valence-electron chi connectivity index (χ0n) is 16.1. The van der Waals surface area contributed by atoms with Crippen molar-refractivity contribution in [1.29, 1.82) is 0 Å². The Hall–Kier alpha value is -2.19. The van der Waals surface area contributed by atoms with Gasteiger partial charge < -0.3 is 15.2 Å².